The van der Waals surface area contributed by atoms with Crippen molar-refractivity contribution in [2.24, 2.45) is 5.92 Å². The zero-order valence-corrected chi connectivity index (χ0v) is 16.3. The fourth-order valence-electron chi connectivity index (χ4n) is 3.27. The molecule has 0 aliphatic rings. The molecular weight excluding hydrogens is 346 g/mol. The minimum absolute atomic E-state index is 0.0885. The molecule has 0 aliphatic heterocycles. The van der Waals surface area contributed by atoms with Crippen LogP contribution in [0.2, 0.25) is 0 Å². The van der Waals surface area contributed by atoms with Gasteiger partial charge in [0.1, 0.15) is 16.9 Å². The van der Waals surface area contributed by atoms with Crippen LogP contribution in [0.15, 0.2) is 25.8 Å². The summed E-state index contributed by atoms with van der Waals surface area (Å²) in [6, 6.07) is 3.33. The Morgan fingerprint density at radius 1 is 1.07 bits per heavy atom. The lowest BCUT2D eigenvalue weighted by Gasteiger charge is -2.20. The Morgan fingerprint density at radius 3 is 2.33 bits per heavy atom. The maximum atomic E-state index is 12.5. The number of nitrogens with one attached hydrogen (secondary N) is 1. The van der Waals surface area contributed by atoms with Crippen LogP contribution in [0.5, 0.6) is 0 Å². The number of carbonyl (C=O) groups excluding carboxylic acids is 1. The van der Waals surface area contributed by atoms with E-state index in [1.54, 1.807) is 6.07 Å². The summed E-state index contributed by atoms with van der Waals surface area (Å²) in [6.45, 7) is 9.38. The zero-order valence-electron chi connectivity index (χ0n) is 16.3. The van der Waals surface area contributed by atoms with Crippen molar-refractivity contribution < 1.29 is 18.7 Å². The monoisotopic (exact) mass is 371 g/mol. The summed E-state index contributed by atoms with van der Waals surface area (Å²) in [5, 5.41) is 13.9. The molecule has 144 valence electrons. The molecule has 6 heteroatoms. The SMILES string of the molecule is Cc1oc2cc3oc(=O)c(CC(=O)N[C@@H](CO)C(C)C)c(C)c3cc2c1C. The van der Waals surface area contributed by atoms with Gasteiger partial charge in [0, 0.05) is 16.8 Å². The van der Waals surface area contributed by atoms with E-state index < -0.39 is 5.63 Å². The van der Waals surface area contributed by atoms with Gasteiger partial charge < -0.3 is 19.3 Å². The van der Waals surface area contributed by atoms with Crippen LogP contribution in [0.25, 0.3) is 21.9 Å². The highest BCUT2D eigenvalue weighted by Crippen LogP contribution is 2.30. The molecule has 0 saturated carbocycles. The van der Waals surface area contributed by atoms with Gasteiger partial charge in [-0.3, -0.25) is 4.79 Å². The Labute approximate surface area is 157 Å². The van der Waals surface area contributed by atoms with Crippen molar-refractivity contribution in [3.63, 3.8) is 0 Å². The number of hydrogen-bond acceptors (Lipinski definition) is 5. The Balaban J connectivity index is 2.03. The molecule has 6 nitrogen and oxygen atoms in total. The number of aryl methyl sites for hydroxylation is 3. The van der Waals surface area contributed by atoms with Crippen LogP contribution in [0, 0.1) is 26.7 Å². The van der Waals surface area contributed by atoms with Crippen LogP contribution in [-0.4, -0.2) is 23.7 Å². The second kappa shape index (κ2) is 7.19. The maximum Gasteiger partial charge on any atom is 0.340 e. The molecule has 1 amide bonds. The van der Waals surface area contributed by atoms with E-state index in [0.29, 0.717) is 16.7 Å². The first kappa shape index (κ1) is 19.2. The van der Waals surface area contributed by atoms with E-state index in [1.165, 1.54) is 0 Å². The van der Waals surface area contributed by atoms with Gasteiger partial charge >= 0.3 is 5.63 Å². The molecule has 0 bridgehead atoms. The highest BCUT2D eigenvalue weighted by molar-refractivity contribution is 5.97. The lowest BCUT2D eigenvalue weighted by Crippen LogP contribution is -2.42. The molecule has 0 aliphatic carbocycles. The fraction of sp³-hybridized carbons (Fsp3) is 0.429. The summed E-state index contributed by atoms with van der Waals surface area (Å²) in [5.41, 5.74) is 2.69. The van der Waals surface area contributed by atoms with Crippen LogP contribution >= 0.6 is 0 Å². The third-order valence-electron chi connectivity index (χ3n) is 5.27. The van der Waals surface area contributed by atoms with Gasteiger partial charge in [0.2, 0.25) is 5.91 Å². The Kier molecular flexibility index (Phi) is 5.11. The second-order valence-electron chi connectivity index (χ2n) is 7.40. The lowest BCUT2D eigenvalue weighted by atomic mass is 10.0. The molecule has 1 aromatic carbocycles. The van der Waals surface area contributed by atoms with E-state index in [0.717, 1.165) is 27.7 Å². The molecule has 0 radical (unpaired) electrons. The number of rotatable bonds is 5. The third kappa shape index (κ3) is 3.49. The first-order chi connectivity index (χ1) is 12.7. The number of amides is 1. The number of carbonyl (C=O) groups is 1. The van der Waals surface area contributed by atoms with Gasteiger partial charge in [0.15, 0.2) is 0 Å². The van der Waals surface area contributed by atoms with Crippen molar-refractivity contribution in [2.75, 3.05) is 6.61 Å². The molecule has 2 heterocycles. The number of aliphatic hydroxyl groups is 1. The number of aliphatic hydroxyl groups excluding tert-OH is 1. The molecule has 1 atom stereocenters. The highest BCUT2D eigenvalue weighted by atomic mass is 16.4. The average molecular weight is 371 g/mol. The summed E-state index contributed by atoms with van der Waals surface area (Å²) < 4.78 is 11.2. The van der Waals surface area contributed by atoms with E-state index in [4.69, 9.17) is 8.83 Å². The van der Waals surface area contributed by atoms with E-state index in [2.05, 4.69) is 5.32 Å². The normalized spacial score (nSPS) is 12.9. The van der Waals surface area contributed by atoms with Gasteiger partial charge in [-0.25, -0.2) is 4.79 Å². The summed E-state index contributed by atoms with van der Waals surface area (Å²) in [6.07, 6.45) is -0.0885. The molecule has 3 aromatic rings. The molecule has 0 unspecified atom stereocenters. The van der Waals surface area contributed by atoms with E-state index in [-0.39, 0.29) is 30.9 Å². The van der Waals surface area contributed by atoms with Crippen molar-refractivity contribution in [1.29, 1.82) is 0 Å². The predicted molar refractivity (Wildman–Crippen MR) is 104 cm³/mol. The zero-order chi connectivity index (χ0) is 19.9. The first-order valence-electron chi connectivity index (χ1n) is 9.09. The summed E-state index contributed by atoms with van der Waals surface area (Å²) in [4.78, 5) is 24.8. The second-order valence-corrected chi connectivity index (χ2v) is 7.40. The van der Waals surface area contributed by atoms with Gasteiger partial charge in [-0.1, -0.05) is 13.8 Å². The smallest absolute Gasteiger partial charge is 0.340 e. The van der Waals surface area contributed by atoms with Crippen molar-refractivity contribution >= 4 is 27.8 Å². The lowest BCUT2D eigenvalue weighted by molar-refractivity contribution is -0.121. The van der Waals surface area contributed by atoms with Crippen molar-refractivity contribution in [3.05, 3.63) is 45.0 Å². The van der Waals surface area contributed by atoms with Crippen LogP contribution in [0.3, 0.4) is 0 Å². The van der Waals surface area contributed by atoms with Gasteiger partial charge in [-0.15, -0.1) is 0 Å². The van der Waals surface area contributed by atoms with Gasteiger partial charge in [0.25, 0.3) is 0 Å². The van der Waals surface area contributed by atoms with Crippen LogP contribution in [0.4, 0.5) is 0 Å². The van der Waals surface area contributed by atoms with Gasteiger partial charge in [0.05, 0.1) is 24.6 Å². The summed E-state index contributed by atoms with van der Waals surface area (Å²) in [7, 11) is 0. The van der Waals surface area contributed by atoms with E-state index in [1.807, 2.05) is 40.7 Å². The standard InChI is InChI=1S/C21H25NO5/c1-10(2)17(9-23)22-20(24)7-16-12(4)15-6-14-11(3)13(5)26-18(14)8-19(15)27-21(16)25/h6,8,10,17,23H,7,9H2,1-5H3,(H,22,24)/t17-/m0/s1. The van der Waals surface area contributed by atoms with Crippen LogP contribution < -0.4 is 10.9 Å². The van der Waals surface area contributed by atoms with Crippen molar-refractivity contribution in [1.82, 2.24) is 5.32 Å². The average Bonchev–Trinajstić information content (AvgIpc) is 2.88. The number of fused-ring (bicyclic) bond motifs is 2. The largest absolute Gasteiger partial charge is 0.461 e. The first-order valence-corrected chi connectivity index (χ1v) is 9.09. The number of benzene rings is 1. The highest BCUT2D eigenvalue weighted by Gasteiger charge is 2.20. The van der Waals surface area contributed by atoms with Crippen molar-refractivity contribution in [2.45, 2.75) is 47.1 Å². The Hall–Kier alpha value is -2.60. The quantitative estimate of drug-likeness (QED) is 0.672. The molecule has 3 rings (SSSR count). The topological polar surface area (TPSA) is 92.7 Å². The molecule has 2 aromatic heterocycles. The number of hydrogen-bond donors (Lipinski definition) is 2. The van der Waals surface area contributed by atoms with E-state index in [9.17, 15) is 14.7 Å². The molecule has 0 spiro atoms. The summed E-state index contributed by atoms with van der Waals surface area (Å²) >= 11 is 0. The summed E-state index contributed by atoms with van der Waals surface area (Å²) in [5.74, 6) is 0.603. The third-order valence-corrected chi connectivity index (χ3v) is 5.27. The van der Waals surface area contributed by atoms with Gasteiger partial charge in [-0.05, 0) is 43.9 Å². The van der Waals surface area contributed by atoms with Crippen molar-refractivity contribution in [3.8, 4) is 0 Å². The predicted octanol–water partition coefficient (Wildman–Crippen LogP) is 3.14. The molecule has 0 saturated heterocycles. The number of furan rings is 1. The minimum Gasteiger partial charge on any atom is -0.461 e. The molecule has 2 N–H and O–H groups in total. The molecule has 0 fully saturated rings. The Morgan fingerprint density at radius 2 is 1.70 bits per heavy atom. The van der Waals surface area contributed by atoms with Gasteiger partial charge in [-0.2, -0.15) is 0 Å². The molecule has 27 heavy (non-hydrogen) atoms. The molecular formula is C21H25NO5. The van der Waals surface area contributed by atoms with E-state index >= 15 is 0 Å². The van der Waals surface area contributed by atoms with Crippen LogP contribution in [-0.2, 0) is 11.2 Å². The van der Waals surface area contributed by atoms with Crippen LogP contribution in [0.1, 0.15) is 36.3 Å². The fourth-order valence-corrected chi connectivity index (χ4v) is 3.27. The Bertz CT molecular complexity index is 1070. The minimum atomic E-state index is -0.528. The maximum absolute atomic E-state index is 12.5.